The van der Waals surface area contributed by atoms with Crippen LogP contribution >= 0.6 is 0 Å². The van der Waals surface area contributed by atoms with Gasteiger partial charge in [0.05, 0.1) is 5.56 Å². The van der Waals surface area contributed by atoms with Crippen LogP contribution in [0.2, 0.25) is 0 Å². The summed E-state index contributed by atoms with van der Waals surface area (Å²) < 4.78 is 0. The molecule has 5 nitrogen and oxygen atoms in total. The number of hydrogen-bond donors (Lipinski definition) is 1. The van der Waals surface area contributed by atoms with Crippen molar-refractivity contribution in [3.05, 3.63) is 29.6 Å². The molecular formula is C11H13N2NaO3. The van der Waals surface area contributed by atoms with Gasteiger partial charge in [0.25, 0.3) is 5.91 Å². The van der Waals surface area contributed by atoms with Crippen LogP contribution in [0.5, 0.6) is 0 Å². The van der Waals surface area contributed by atoms with Gasteiger partial charge in [-0.1, -0.05) is 13.8 Å². The fourth-order valence-corrected chi connectivity index (χ4v) is 1.64. The van der Waals surface area contributed by atoms with Gasteiger partial charge in [0.1, 0.15) is 0 Å². The SMILES string of the molecule is CC(C)C(C(=O)[O-])c1ccncc1C(N)=O.[Na+]. The number of primary amides is 1. The molecule has 1 aromatic heterocycles. The monoisotopic (exact) mass is 244 g/mol. The fraction of sp³-hybridized carbons (Fsp3) is 0.364. The van der Waals surface area contributed by atoms with Gasteiger partial charge in [0.2, 0.25) is 0 Å². The summed E-state index contributed by atoms with van der Waals surface area (Å²) in [6.45, 7) is 3.48. The van der Waals surface area contributed by atoms with Gasteiger partial charge in [0, 0.05) is 24.3 Å². The molecule has 0 bridgehead atoms. The zero-order valence-corrected chi connectivity index (χ0v) is 12.1. The summed E-state index contributed by atoms with van der Waals surface area (Å²) in [4.78, 5) is 25.9. The number of amides is 1. The molecule has 0 radical (unpaired) electrons. The van der Waals surface area contributed by atoms with Crippen LogP contribution in [-0.2, 0) is 4.79 Å². The first-order valence-corrected chi connectivity index (χ1v) is 4.89. The van der Waals surface area contributed by atoms with Gasteiger partial charge in [-0.25, -0.2) is 0 Å². The number of aromatic nitrogens is 1. The second-order valence-electron chi connectivity index (χ2n) is 3.87. The Kier molecular flexibility index (Phi) is 6.37. The maximum atomic E-state index is 11.1. The molecule has 1 rings (SSSR count). The molecule has 0 saturated heterocycles. The fourth-order valence-electron chi connectivity index (χ4n) is 1.64. The normalized spacial score (nSPS) is 11.7. The minimum atomic E-state index is -1.22. The van der Waals surface area contributed by atoms with E-state index in [2.05, 4.69) is 4.98 Å². The number of pyridine rings is 1. The van der Waals surface area contributed by atoms with Gasteiger partial charge in [-0.2, -0.15) is 0 Å². The van der Waals surface area contributed by atoms with E-state index in [1.165, 1.54) is 18.5 Å². The van der Waals surface area contributed by atoms with Crippen LogP contribution < -0.4 is 40.4 Å². The van der Waals surface area contributed by atoms with E-state index >= 15 is 0 Å². The third-order valence-electron chi connectivity index (χ3n) is 2.38. The molecule has 2 N–H and O–H groups in total. The quantitative estimate of drug-likeness (QED) is 0.560. The van der Waals surface area contributed by atoms with Gasteiger partial charge < -0.3 is 15.6 Å². The molecule has 86 valence electrons. The molecule has 0 aromatic carbocycles. The van der Waals surface area contributed by atoms with E-state index < -0.39 is 17.8 Å². The topological polar surface area (TPSA) is 96.1 Å². The predicted octanol–water partition coefficient (Wildman–Crippen LogP) is -3.33. The number of rotatable bonds is 4. The summed E-state index contributed by atoms with van der Waals surface area (Å²) in [5, 5.41) is 11.0. The summed E-state index contributed by atoms with van der Waals surface area (Å²) in [7, 11) is 0. The first kappa shape index (κ1) is 16.1. The molecule has 0 aliphatic rings. The minimum absolute atomic E-state index is 0. The summed E-state index contributed by atoms with van der Waals surface area (Å²) in [5.74, 6) is -2.95. The van der Waals surface area contributed by atoms with Crippen LogP contribution in [0, 0.1) is 5.92 Å². The summed E-state index contributed by atoms with van der Waals surface area (Å²) in [6.07, 6.45) is 2.70. The van der Waals surface area contributed by atoms with Crippen molar-refractivity contribution in [1.29, 1.82) is 0 Å². The van der Waals surface area contributed by atoms with Gasteiger partial charge in [-0.15, -0.1) is 0 Å². The van der Waals surface area contributed by atoms with Gasteiger partial charge in [-0.05, 0) is 17.5 Å². The van der Waals surface area contributed by atoms with E-state index in [9.17, 15) is 14.7 Å². The zero-order valence-electron chi connectivity index (χ0n) is 10.1. The number of carbonyl (C=O) groups is 2. The van der Waals surface area contributed by atoms with Gasteiger partial charge in [-0.3, -0.25) is 9.78 Å². The van der Waals surface area contributed by atoms with Crippen molar-refractivity contribution in [2.24, 2.45) is 11.7 Å². The van der Waals surface area contributed by atoms with Gasteiger partial charge in [0.15, 0.2) is 0 Å². The molecule has 0 aliphatic heterocycles. The number of aliphatic carboxylic acids is 1. The molecule has 1 aromatic rings. The van der Waals surface area contributed by atoms with Crippen LogP contribution in [0.1, 0.15) is 35.7 Å². The molecule has 0 saturated carbocycles. The average Bonchev–Trinajstić information content (AvgIpc) is 2.17. The molecule has 1 unspecified atom stereocenters. The maximum Gasteiger partial charge on any atom is 1.00 e. The Morgan fingerprint density at radius 3 is 2.41 bits per heavy atom. The Hall–Kier alpha value is -0.910. The van der Waals surface area contributed by atoms with Crippen LogP contribution in [0.15, 0.2) is 18.5 Å². The Labute approximate surface area is 122 Å². The molecular weight excluding hydrogens is 231 g/mol. The van der Waals surface area contributed by atoms with Crippen molar-refractivity contribution < 1.29 is 44.3 Å². The van der Waals surface area contributed by atoms with Crippen LogP contribution in [0.3, 0.4) is 0 Å². The second kappa shape index (κ2) is 6.74. The summed E-state index contributed by atoms with van der Waals surface area (Å²) in [6, 6.07) is 1.49. The number of carboxylic acid groups (broad SMARTS) is 1. The average molecular weight is 244 g/mol. The van der Waals surface area contributed by atoms with E-state index in [1.807, 2.05) is 0 Å². The number of nitrogens with two attached hydrogens (primary N) is 1. The predicted molar refractivity (Wildman–Crippen MR) is 55.3 cm³/mol. The maximum absolute atomic E-state index is 11.1. The molecule has 0 aliphatic carbocycles. The van der Waals surface area contributed by atoms with Crippen LogP contribution in [0.4, 0.5) is 0 Å². The standard InChI is InChI=1S/C11H14N2O3.Na/c1-6(2)9(11(15)16)7-3-4-13-5-8(7)10(12)14;/h3-6,9H,1-2H3,(H2,12,14)(H,15,16);/q;+1/p-1. The van der Waals surface area contributed by atoms with Crippen molar-refractivity contribution >= 4 is 11.9 Å². The smallest absolute Gasteiger partial charge is 0.549 e. The second-order valence-corrected chi connectivity index (χ2v) is 3.87. The van der Waals surface area contributed by atoms with E-state index in [-0.39, 0.29) is 41.0 Å². The molecule has 0 spiro atoms. The molecule has 1 amide bonds. The number of hydrogen-bond acceptors (Lipinski definition) is 4. The number of carboxylic acids is 1. The van der Waals surface area contributed by atoms with Crippen LogP contribution in [0.25, 0.3) is 0 Å². The molecule has 6 heteroatoms. The summed E-state index contributed by atoms with van der Waals surface area (Å²) >= 11 is 0. The third-order valence-corrected chi connectivity index (χ3v) is 2.38. The van der Waals surface area contributed by atoms with E-state index in [0.29, 0.717) is 5.56 Å². The van der Waals surface area contributed by atoms with E-state index in [0.717, 1.165) is 0 Å². The molecule has 1 heterocycles. The number of nitrogens with zero attached hydrogens (tertiary/aromatic N) is 1. The first-order chi connectivity index (χ1) is 7.45. The minimum Gasteiger partial charge on any atom is -0.549 e. The third kappa shape index (κ3) is 3.80. The van der Waals surface area contributed by atoms with Crippen molar-refractivity contribution in [2.45, 2.75) is 19.8 Å². The van der Waals surface area contributed by atoms with Crippen molar-refractivity contribution in [2.75, 3.05) is 0 Å². The number of carbonyl (C=O) groups excluding carboxylic acids is 2. The molecule has 17 heavy (non-hydrogen) atoms. The zero-order chi connectivity index (χ0) is 12.3. The van der Waals surface area contributed by atoms with Gasteiger partial charge >= 0.3 is 29.6 Å². The Morgan fingerprint density at radius 1 is 1.41 bits per heavy atom. The van der Waals surface area contributed by atoms with Crippen molar-refractivity contribution in [3.63, 3.8) is 0 Å². The Morgan fingerprint density at radius 2 is 2.00 bits per heavy atom. The Bertz CT molecular complexity index is 421. The summed E-state index contributed by atoms with van der Waals surface area (Å²) in [5.41, 5.74) is 5.65. The molecule has 0 fully saturated rings. The van der Waals surface area contributed by atoms with Crippen LogP contribution in [-0.4, -0.2) is 16.9 Å². The van der Waals surface area contributed by atoms with E-state index in [4.69, 9.17) is 5.73 Å². The first-order valence-electron chi connectivity index (χ1n) is 4.89. The van der Waals surface area contributed by atoms with Crippen molar-refractivity contribution in [3.8, 4) is 0 Å². The Balaban J connectivity index is 0.00000256. The largest absolute Gasteiger partial charge is 1.00 e. The van der Waals surface area contributed by atoms with Crippen molar-refractivity contribution in [1.82, 2.24) is 4.98 Å². The van der Waals surface area contributed by atoms with E-state index in [1.54, 1.807) is 13.8 Å². The molecule has 1 atom stereocenters.